The molecule has 0 radical (unpaired) electrons. The van der Waals surface area contributed by atoms with Crippen LogP contribution in [0.1, 0.15) is 52.0 Å². The molecule has 0 saturated carbocycles. The van der Waals surface area contributed by atoms with Gasteiger partial charge in [-0.1, -0.05) is 26.8 Å². The molecule has 5 nitrogen and oxygen atoms in total. The normalized spacial score (nSPS) is 25.1. The number of hydrogen-bond acceptors (Lipinski definition) is 5. The Morgan fingerprint density at radius 3 is 2.54 bits per heavy atom. The first-order chi connectivity index (χ1) is 13.2. The molecule has 0 N–H and O–H groups in total. The number of methoxy groups -OCH3 is 2. The zero-order chi connectivity index (χ0) is 20.5. The Bertz CT molecular complexity index is 764. The van der Waals surface area contributed by atoms with Crippen LogP contribution in [0.25, 0.3) is 0 Å². The highest BCUT2D eigenvalue weighted by Crippen LogP contribution is 2.49. The Labute approximate surface area is 168 Å². The second kappa shape index (κ2) is 7.78. The van der Waals surface area contributed by atoms with Gasteiger partial charge in [0.25, 0.3) is 0 Å². The molecule has 28 heavy (non-hydrogen) atoms. The predicted molar refractivity (Wildman–Crippen MR) is 110 cm³/mol. The SMILES string of the molecule is COc1ccc(C23CCC(OC(=O)CC(C)(C)C)=CC2N(C)CC3)cc1OC. The molecule has 154 valence electrons. The first-order valence-electron chi connectivity index (χ1n) is 10.0. The monoisotopic (exact) mass is 387 g/mol. The van der Waals surface area contributed by atoms with Crippen molar-refractivity contribution in [3.63, 3.8) is 0 Å². The summed E-state index contributed by atoms with van der Waals surface area (Å²) in [6.45, 7) is 7.17. The number of likely N-dealkylation sites (N-methyl/N-ethyl adjacent to an activating group) is 1. The lowest BCUT2D eigenvalue weighted by atomic mass is 9.68. The molecule has 1 aromatic rings. The molecule has 2 atom stereocenters. The van der Waals surface area contributed by atoms with E-state index in [2.05, 4.69) is 50.9 Å². The summed E-state index contributed by atoms with van der Waals surface area (Å²) in [6.07, 6.45) is 5.38. The maximum Gasteiger partial charge on any atom is 0.311 e. The van der Waals surface area contributed by atoms with E-state index in [1.54, 1.807) is 14.2 Å². The lowest BCUT2D eigenvalue weighted by Gasteiger charge is -2.40. The van der Waals surface area contributed by atoms with Crippen molar-refractivity contribution >= 4 is 5.97 Å². The first kappa shape index (κ1) is 20.7. The summed E-state index contributed by atoms with van der Waals surface area (Å²) in [6, 6.07) is 6.45. The Hall–Kier alpha value is -2.01. The van der Waals surface area contributed by atoms with Crippen LogP contribution < -0.4 is 9.47 Å². The molecule has 1 fully saturated rings. The van der Waals surface area contributed by atoms with Gasteiger partial charge in [-0.05, 0) is 55.6 Å². The fourth-order valence-electron chi connectivity index (χ4n) is 4.56. The maximum atomic E-state index is 12.3. The van der Waals surface area contributed by atoms with Crippen molar-refractivity contribution < 1.29 is 19.0 Å². The molecule has 5 heteroatoms. The molecule has 1 aliphatic carbocycles. The van der Waals surface area contributed by atoms with Crippen LogP contribution in [0.15, 0.2) is 30.0 Å². The highest BCUT2D eigenvalue weighted by Gasteiger charge is 2.48. The van der Waals surface area contributed by atoms with Gasteiger partial charge in [-0.2, -0.15) is 0 Å². The van der Waals surface area contributed by atoms with Crippen molar-refractivity contribution in [1.29, 1.82) is 0 Å². The van der Waals surface area contributed by atoms with Crippen LogP contribution in [0.3, 0.4) is 0 Å². The molecule has 1 aromatic carbocycles. The van der Waals surface area contributed by atoms with Crippen LogP contribution in [0.4, 0.5) is 0 Å². The number of ether oxygens (including phenoxy) is 3. The van der Waals surface area contributed by atoms with Crippen LogP contribution >= 0.6 is 0 Å². The third-order valence-corrected chi connectivity index (χ3v) is 5.99. The summed E-state index contributed by atoms with van der Waals surface area (Å²) < 4.78 is 16.7. The molecule has 2 aliphatic rings. The topological polar surface area (TPSA) is 48.0 Å². The van der Waals surface area contributed by atoms with Crippen LogP contribution in [-0.2, 0) is 14.9 Å². The smallest absolute Gasteiger partial charge is 0.311 e. The van der Waals surface area contributed by atoms with Crippen LogP contribution in [0, 0.1) is 5.41 Å². The number of hydrogen-bond donors (Lipinski definition) is 0. The largest absolute Gasteiger partial charge is 0.493 e. The molecule has 1 heterocycles. The number of esters is 1. The average molecular weight is 388 g/mol. The summed E-state index contributed by atoms with van der Waals surface area (Å²) in [7, 11) is 5.47. The summed E-state index contributed by atoms with van der Waals surface area (Å²) >= 11 is 0. The highest BCUT2D eigenvalue weighted by atomic mass is 16.5. The van der Waals surface area contributed by atoms with Crippen molar-refractivity contribution in [2.45, 2.75) is 57.9 Å². The van der Waals surface area contributed by atoms with E-state index >= 15 is 0 Å². The lowest BCUT2D eigenvalue weighted by Crippen LogP contribution is -2.42. The molecule has 0 bridgehead atoms. The van der Waals surface area contributed by atoms with Gasteiger partial charge in [0, 0.05) is 17.9 Å². The minimum Gasteiger partial charge on any atom is -0.493 e. The summed E-state index contributed by atoms with van der Waals surface area (Å²) in [4.78, 5) is 14.7. The minimum absolute atomic E-state index is 0.00817. The van der Waals surface area contributed by atoms with Gasteiger partial charge >= 0.3 is 5.97 Å². The molecule has 0 aromatic heterocycles. The fourth-order valence-corrected chi connectivity index (χ4v) is 4.56. The van der Waals surface area contributed by atoms with Gasteiger partial charge in [-0.3, -0.25) is 9.69 Å². The van der Waals surface area contributed by atoms with Gasteiger partial charge in [0.2, 0.25) is 0 Å². The predicted octanol–water partition coefficient (Wildman–Crippen LogP) is 4.30. The number of fused-ring (bicyclic) bond motifs is 1. The van der Waals surface area contributed by atoms with Crippen LogP contribution in [0.2, 0.25) is 0 Å². The molecule has 0 amide bonds. The van der Waals surface area contributed by atoms with Crippen molar-refractivity contribution in [3.8, 4) is 11.5 Å². The lowest BCUT2D eigenvalue weighted by molar-refractivity contribution is -0.142. The van der Waals surface area contributed by atoms with Crippen molar-refractivity contribution in [2.24, 2.45) is 5.41 Å². The Kier molecular flexibility index (Phi) is 5.76. The summed E-state index contributed by atoms with van der Waals surface area (Å²) in [5.41, 5.74) is 1.20. The van der Waals surface area contributed by atoms with Crippen molar-refractivity contribution in [2.75, 3.05) is 27.8 Å². The number of benzene rings is 1. The third kappa shape index (κ3) is 4.04. The number of nitrogens with zero attached hydrogens (tertiary/aromatic N) is 1. The molecule has 3 rings (SSSR count). The van der Waals surface area contributed by atoms with Crippen LogP contribution in [-0.4, -0.2) is 44.7 Å². The molecular weight excluding hydrogens is 354 g/mol. The molecule has 0 spiro atoms. The number of likely N-dealkylation sites (tertiary alicyclic amines) is 1. The van der Waals surface area contributed by atoms with E-state index in [-0.39, 0.29) is 22.8 Å². The molecular formula is C23H33NO4. The van der Waals surface area contributed by atoms with E-state index in [0.717, 1.165) is 43.1 Å². The van der Waals surface area contributed by atoms with Gasteiger partial charge in [0.1, 0.15) is 5.76 Å². The molecule has 1 saturated heterocycles. The highest BCUT2D eigenvalue weighted by molar-refractivity contribution is 5.71. The summed E-state index contributed by atoms with van der Waals surface area (Å²) in [5, 5.41) is 0. The Morgan fingerprint density at radius 2 is 1.89 bits per heavy atom. The summed E-state index contributed by atoms with van der Waals surface area (Å²) in [5.74, 6) is 2.17. The van der Waals surface area contributed by atoms with Gasteiger partial charge < -0.3 is 14.2 Å². The number of carbonyl (C=O) groups excluding carboxylic acids is 1. The minimum atomic E-state index is -0.141. The third-order valence-electron chi connectivity index (χ3n) is 5.99. The fraction of sp³-hybridized carbons (Fsp3) is 0.609. The molecule has 1 aliphatic heterocycles. The Balaban J connectivity index is 1.87. The number of allylic oxidation sites excluding steroid dienone is 1. The van der Waals surface area contributed by atoms with Gasteiger partial charge in [0.15, 0.2) is 11.5 Å². The Morgan fingerprint density at radius 1 is 1.18 bits per heavy atom. The van der Waals surface area contributed by atoms with E-state index < -0.39 is 0 Å². The van der Waals surface area contributed by atoms with E-state index in [1.165, 1.54) is 5.56 Å². The van der Waals surface area contributed by atoms with Gasteiger partial charge in [-0.25, -0.2) is 0 Å². The number of carbonyl (C=O) groups is 1. The number of rotatable bonds is 5. The van der Waals surface area contributed by atoms with E-state index in [4.69, 9.17) is 14.2 Å². The average Bonchev–Trinajstić information content (AvgIpc) is 2.97. The standard InChI is InChI=1S/C23H33NO4/c1-22(2,3)15-21(25)28-17-9-10-23(11-12-24(4)20(23)14-17)16-7-8-18(26-5)19(13-16)27-6/h7-8,13-14,20H,9-12,15H2,1-6H3. The zero-order valence-electron chi connectivity index (χ0n) is 18.0. The quantitative estimate of drug-likeness (QED) is 0.705. The van der Waals surface area contributed by atoms with E-state index in [1.807, 2.05) is 6.07 Å². The van der Waals surface area contributed by atoms with E-state index in [0.29, 0.717) is 6.42 Å². The van der Waals surface area contributed by atoms with Crippen LogP contribution in [0.5, 0.6) is 11.5 Å². The van der Waals surface area contributed by atoms with Crippen molar-refractivity contribution in [1.82, 2.24) is 4.90 Å². The van der Waals surface area contributed by atoms with Gasteiger partial charge in [0.05, 0.1) is 20.6 Å². The van der Waals surface area contributed by atoms with E-state index in [9.17, 15) is 4.79 Å². The second-order valence-corrected chi connectivity index (χ2v) is 9.25. The maximum absolute atomic E-state index is 12.3. The zero-order valence-corrected chi connectivity index (χ0v) is 18.0. The van der Waals surface area contributed by atoms with Gasteiger partial charge in [-0.15, -0.1) is 0 Å². The molecule has 2 unspecified atom stereocenters. The first-order valence-corrected chi connectivity index (χ1v) is 10.0. The second-order valence-electron chi connectivity index (χ2n) is 9.25. The van der Waals surface area contributed by atoms with Crippen molar-refractivity contribution in [3.05, 3.63) is 35.6 Å².